The van der Waals surface area contributed by atoms with Crippen molar-refractivity contribution >= 4 is 31.6 Å². The predicted molar refractivity (Wildman–Crippen MR) is 91.9 cm³/mol. The van der Waals surface area contributed by atoms with Crippen LogP contribution in [0.1, 0.15) is 11.8 Å². The van der Waals surface area contributed by atoms with Gasteiger partial charge < -0.3 is 9.72 Å². The van der Waals surface area contributed by atoms with Crippen molar-refractivity contribution in [2.45, 2.75) is 18.4 Å². The number of hydrogen-bond donors (Lipinski definition) is 2. The Morgan fingerprint density at radius 1 is 1.29 bits per heavy atom. The van der Waals surface area contributed by atoms with Gasteiger partial charge in [-0.25, -0.2) is 18.1 Å². The van der Waals surface area contributed by atoms with E-state index in [4.69, 9.17) is 4.74 Å². The lowest BCUT2D eigenvalue weighted by Crippen LogP contribution is -2.22. The summed E-state index contributed by atoms with van der Waals surface area (Å²) < 4.78 is 32.5. The molecule has 0 saturated heterocycles. The van der Waals surface area contributed by atoms with Gasteiger partial charge in [0.25, 0.3) is 5.56 Å². The first-order valence-electron chi connectivity index (χ1n) is 7.18. The maximum Gasteiger partial charge on any atom is 0.259 e. The highest BCUT2D eigenvalue weighted by Crippen LogP contribution is 2.21. The Morgan fingerprint density at radius 3 is 2.71 bits per heavy atom. The number of ether oxygens (including phenoxy) is 1. The highest BCUT2D eigenvalue weighted by atomic mass is 32.2. The van der Waals surface area contributed by atoms with E-state index in [1.165, 1.54) is 29.8 Å². The zero-order valence-corrected chi connectivity index (χ0v) is 14.4. The molecule has 2 aromatic heterocycles. The fraction of sp³-hybridized carbons (Fsp3) is 0.200. The summed E-state index contributed by atoms with van der Waals surface area (Å²) in [6, 6.07) is 7.85. The Hall–Kier alpha value is -2.23. The molecule has 0 aliphatic heterocycles. The van der Waals surface area contributed by atoms with Crippen LogP contribution in [0.25, 0.3) is 10.2 Å². The normalized spacial score (nSPS) is 11.7. The molecule has 0 amide bonds. The van der Waals surface area contributed by atoms with Gasteiger partial charge in [-0.05, 0) is 37.3 Å². The van der Waals surface area contributed by atoms with Crippen LogP contribution in [0.5, 0.6) is 5.75 Å². The van der Waals surface area contributed by atoms with Crippen molar-refractivity contribution in [1.82, 2.24) is 14.7 Å². The number of hydrogen-bond acceptors (Lipinski definition) is 6. The molecule has 0 unspecified atom stereocenters. The van der Waals surface area contributed by atoms with Crippen LogP contribution in [0.2, 0.25) is 0 Å². The number of rotatable bonds is 6. The predicted octanol–water partition coefficient (Wildman–Crippen LogP) is 1.86. The summed E-state index contributed by atoms with van der Waals surface area (Å²) in [4.78, 5) is 19.7. The highest BCUT2D eigenvalue weighted by Gasteiger charge is 2.15. The molecule has 0 aliphatic rings. The van der Waals surface area contributed by atoms with E-state index in [-0.39, 0.29) is 17.0 Å². The van der Waals surface area contributed by atoms with E-state index >= 15 is 0 Å². The van der Waals surface area contributed by atoms with Crippen LogP contribution in [0, 0.1) is 0 Å². The molecule has 0 aliphatic carbocycles. The Kier molecular flexibility index (Phi) is 4.65. The molecular weight excluding hydrogens is 350 g/mol. The van der Waals surface area contributed by atoms with Crippen LogP contribution in [0.3, 0.4) is 0 Å². The summed E-state index contributed by atoms with van der Waals surface area (Å²) in [5.74, 6) is 0.617. The number of nitrogens with one attached hydrogen (secondary N) is 2. The molecule has 7 nitrogen and oxygen atoms in total. The number of aromatic amines is 1. The van der Waals surface area contributed by atoms with Crippen LogP contribution in [0.4, 0.5) is 0 Å². The van der Waals surface area contributed by atoms with Crippen molar-refractivity contribution < 1.29 is 13.2 Å². The van der Waals surface area contributed by atoms with Gasteiger partial charge in [0, 0.05) is 11.4 Å². The van der Waals surface area contributed by atoms with Gasteiger partial charge in [0.1, 0.15) is 10.6 Å². The van der Waals surface area contributed by atoms with Gasteiger partial charge in [-0.3, -0.25) is 4.79 Å². The maximum absolute atomic E-state index is 12.3. The lowest BCUT2D eigenvalue weighted by atomic mass is 10.3. The Balaban J connectivity index is 1.76. The first kappa shape index (κ1) is 16.6. The molecule has 0 spiro atoms. The van der Waals surface area contributed by atoms with E-state index in [9.17, 15) is 13.2 Å². The summed E-state index contributed by atoms with van der Waals surface area (Å²) in [6.45, 7) is 2.47. The molecule has 3 aromatic rings. The average Bonchev–Trinajstić information content (AvgIpc) is 2.99. The lowest BCUT2D eigenvalue weighted by Gasteiger charge is -2.07. The minimum absolute atomic E-state index is 0.0933. The van der Waals surface area contributed by atoms with Crippen LogP contribution >= 0.6 is 11.3 Å². The van der Waals surface area contributed by atoms with Gasteiger partial charge in [-0.2, -0.15) is 0 Å². The molecule has 0 bridgehead atoms. The smallest absolute Gasteiger partial charge is 0.259 e. The minimum atomic E-state index is -3.64. The van der Waals surface area contributed by atoms with E-state index < -0.39 is 10.0 Å². The quantitative estimate of drug-likeness (QED) is 0.694. The third-order valence-corrected chi connectivity index (χ3v) is 5.73. The summed E-state index contributed by atoms with van der Waals surface area (Å²) in [7, 11) is -3.64. The first-order valence-corrected chi connectivity index (χ1v) is 9.48. The van der Waals surface area contributed by atoms with E-state index in [2.05, 4.69) is 14.7 Å². The second-order valence-corrected chi connectivity index (χ2v) is 7.77. The van der Waals surface area contributed by atoms with Gasteiger partial charge in [0.05, 0.1) is 23.2 Å². The minimum Gasteiger partial charge on any atom is -0.494 e. The van der Waals surface area contributed by atoms with Gasteiger partial charge in [-0.1, -0.05) is 0 Å². The fourth-order valence-electron chi connectivity index (χ4n) is 2.14. The zero-order valence-electron chi connectivity index (χ0n) is 12.8. The molecule has 24 heavy (non-hydrogen) atoms. The third-order valence-electron chi connectivity index (χ3n) is 3.27. The fourth-order valence-corrected chi connectivity index (χ4v) is 4.17. The van der Waals surface area contributed by atoms with E-state index in [1.54, 1.807) is 18.2 Å². The number of thiophene rings is 1. The second kappa shape index (κ2) is 6.71. The molecule has 0 radical (unpaired) electrons. The standard InChI is InChI=1S/C15H15N3O4S2/c1-2-22-10-3-5-12(6-4-10)24(20,21)18-8-11-7-13-14(19)16-9-17-15(13)23-11/h3-7,9,18H,2,8H2,1H3,(H,16,17,19). The topological polar surface area (TPSA) is 101 Å². The van der Waals surface area contributed by atoms with Gasteiger partial charge in [0.15, 0.2) is 0 Å². The van der Waals surface area contributed by atoms with Crippen molar-refractivity contribution in [1.29, 1.82) is 0 Å². The first-order chi connectivity index (χ1) is 11.5. The van der Waals surface area contributed by atoms with Crippen LogP contribution in [-0.2, 0) is 16.6 Å². The van der Waals surface area contributed by atoms with Gasteiger partial charge in [0.2, 0.25) is 10.0 Å². The van der Waals surface area contributed by atoms with Crippen molar-refractivity contribution in [3.63, 3.8) is 0 Å². The molecule has 2 N–H and O–H groups in total. The zero-order chi connectivity index (χ0) is 17.2. The monoisotopic (exact) mass is 365 g/mol. The highest BCUT2D eigenvalue weighted by molar-refractivity contribution is 7.89. The SMILES string of the molecule is CCOc1ccc(S(=O)(=O)NCc2cc3c(=O)[nH]cnc3s2)cc1. The number of H-pyrrole nitrogens is 1. The summed E-state index contributed by atoms with van der Waals surface area (Å²) >= 11 is 1.28. The number of nitrogens with zero attached hydrogens (tertiary/aromatic N) is 1. The molecule has 0 atom stereocenters. The number of fused-ring (bicyclic) bond motifs is 1. The van der Waals surface area contributed by atoms with Crippen LogP contribution < -0.4 is 15.0 Å². The van der Waals surface area contributed by atoms with Crippen molar-refractivity contribution in [3.05, 3.63) is 51.9 Å². The summed E-state index contributed by atoms with van der Waals surface area (Å²) in [5, 5.41) is 0.456. The van der Waals surface area contributed by atoms with E-state index in [0.717, 1.165) is 0 Å². The summed E-state index contributed by atoms with van der Waals surface area (Å²) in [6.07, 6.45) is 1.33. The van der Waals surface area contributed by atoms with Crippen molar-refractivity contribution in [3.8, 4) is 5.75 Å². The lowest BCUT2D eigenvalue weighted by molar-refractivity contribution is 0.340. The Bertz CT molecular complexity index is 1010. The number of sulfonamides is 1. The molecule has 0 saturated carbocycles. The van der Waals surface area contributed by atoms with E-state index in [0.29, 0.717) is 27.5 Å². The molecule has 9 heteroatoms. The molecular formula is C15H15N3O4S2. The third kappa shape index (κ3) is 3.48. The molecule has 3 rings (SSSR count). The molecule has 0 fully saturated rings. The largest absolute Gasteiger partial charge is 0.494 e. The second-order valence-electron chi connectivity index (χ2n) is 4.89. The van der Waals surface area contributed by atoms with Gasteiger partial charge >= 0.3 is 0 Å². The van der Waals surface area contributed by atoms with Gasteiger partial charge in [-0.15, -0.1) is 11.3 Å². The molecule has 126 valence electrons. The van der Waals surface area contributed by atoms with Crippen molar-refractivity contribution in [2.75, 3.05) is 6.61 Å². The molecule has 1 aromatic carbocycles. The molecule has 2 heterocycles. The Morgan fingerprint density at radius 2 is 2.04 bits per heavy atom. The van der Waals surface area contributed by atoms with Crippen LogP contribution in [-0.4, -0.2) is 25.0 Å². The number of benzene rings is 1. The average molecular weight is 365 g/mol. The van der Waals surface area contributed by atoms with Crippen molar-refractivity contribution in [2.24, 2.45) is 0 Å². The summed E-state index contributed by atoms with van der Waals surface area (Å²) in [5.41, 5.74) is -0.239. The van der Waals surface area contributed by atoms with E-state index in [1.807, 2.05) is 6.92 Å². The van der Waals surface area contributed by atoms with Crippen LogP contribution in [0.15, 0.2) is 46.3 Å². The Labute approximate surface area is 142 Å². The maximum atomic E-state index is 12.3. The number of aromatic nitrogens is 2.